The first-order valence-electron chi connectivity index (χ1n) is 4.65. The Hall–Kier alpha value is -0.910. The molecular formula is C10H16FNO. The maximum absolute atomic E-state index is 12.0. The van der Waals surface area contributed by atoms with Crippen molar-refractivity contribution >= 4 is 5.78 Å². The molecule has 0 aromatic heterocycles. The lowest BCUT2D eigenvalue weighted by Crippen LogP contribution is -2.03. The van der Waals surface area contributed by atoms with Gasteiger partial charge in [-0.3, -0.25) is 9.18 Å². The fourth-order valence-corrected chi connectivity index (χ4v) is 0.974. The van der Waals surface area contributed by atoms with E-state index in [-0.39, 0.29) is 18.4 Å². The fourth-order valence-electron chi connectivity index (χ4n) is 0.974. The first kappa shape index (κ1) is 12.1. The number of ketones is 1. The largest absolute Gasteiger partial charge is 0.300 e. The quantitative estimate of drug-likeness (QED) is 0.572. The maximum Gasteiger partial charge on any atom is 0.132 e. The van der Waals surface area contributed by atoms with Gasteiger partial charge in [0.05, 0.1) is 12.7 Å². The van der Waals surface area contributed by atoms with Crippen molar-refractivity contribution in [2.45, 2.75) is 39.0 Å². The van der Waals surface area contributed by atoms with Crippen molar-refractivity contribution in [2.24, 2.45) is 5.92 Å². The summed E-state index contributed by atoms with van der Waals surface area (Å²) in [6.45, 7) is 1.44. The molecule has 0 radical (unpaired) electrons. The van der Waals surface area contributed by atoms with Gasteiger partial charge in [0, 0.05) is 19.3 Å². The van der Waals surface area contributed by atoms with Crippen molar-refractivity contribution in [1.29, 1.82) is 5.26 Å². The first-order chi connectivity index (χ1) is 6.20. The lowest BCUT2D eigenvalue weighted by atomic mass is 10.0. The number of Topliss-reactive ketones (excluding diaryl/α,β-unsaturated/α-hetero) is 1. The second-order valence-electron chi connectivity index (χ2n) is 3.35. The van der Waals surface area contributed by atoms with Gasteiger partial charge in [-0.1, -0.05) is 6.92 Å². The van der Waals surface area contributed by atoms with Crippen LogP contribution in [0.15, 0.2) is 0 Å². The van der Waals surface area contributed by atoms with Gasteiger partial charge in [-0.15, -0.1) is 0 Å². The Morgan fingerprint density at radius 3 is 2.77 bits per heavy atom. The molecule has 0 aromatic rings. The van der Waals surface area contributed by atoms with Crippen molar-refractivity contribution in [1.82, 2.24) is 0 Å². The number of nitriles is 1. The molecule has 0 aliphatic rings. The third-order valence-corrected chi connectivity index (χ3v) is 1.92. The molecule has 0 spiro atoms. The minimum absolute atomic E-state index is 0.0140. The minimum atomic E-state index is -0.356. The van der Waals surface area contributed by atoms with Crippen LogP contribution in [0.4, 0.5) is 4.39 Å². The molecule has 1 atom stereocenters. The summed E-state index contributed by atoms with van der Waals surface area (Å²) in [5.74, 6) is 0.135. The van der Waals surface area contributed by atoms with E-state index in [1.165, 1.54) is 0 Å². The van der Waals surface area contributed by atoms with Crippen molar-refractivity contribution in [3.05, 3.63) is 0 Å². The zero-order valence-electron chi connectivity index (χ0n) is 8.05. The molecule has 74 valence electrons. The summed E-state index contributed by atoms with van der Waals surface area (Å²) < 4.78 is 12.0. The minimum Gasteiger partial charge on any atom is -0.300 e. The third-order valence-electron chi connectivity index (χ3n) is 1.92. The van der Waals surface area contributed by atoms with Crippen LogP contribution in [-0.2, 0) is 4.79 Å². The number of alkyl halides is 1. The molecule has 0 saturated carbocycles. The van der Waals surface area contributed by atoms with E-state index in [0.29, 0.717) is 32.1 Å². The highest BCUT2D eigenvalue weighted by Gasteiger charge is 2.05. The maximum atomic E-state index is 12.0. The average Bonchev–Trinajstić information content (AvgIpc) is 2.14. The Bertz CT molecular complexity index is 186. The average molecular weight is 185 g/mol. The Morgan fingerprint density at radius 2 is 2.23 bits per heavy atom. The highest BCUT2D eigenvalue weighted by atomic mass is 19.1. The van der Waals surface area contributed by atoms with Crippen molar-refractivity contribution < 1.29 is 9.18 Å². The summed E-state index contributed by atoms with van der Waals surface area (Å²) in [6, 6.07) is 1.99. The molecule has 0 aliphatic carbocycles. The standard InChI is InChI=1S/C10H16FNO/c1-9(8-11)5-6-10(13)4-2-3-7-12/h9H,2-6,8H2,1H3. The second-order valence-corrected chi connectivity index (χ2v) is 3.35. The Balaban J connectivity index is 3.36. The Kier molecular flexibility index (Phi) is 7.18. The molecule has 0 rings (SSSR count). The highest BCUT2D eigenvalue weighted by molar-refractivity contribution is 5.78. The second kappa shape index (κ2) is 7.72. The van der Waals surface area contributed by atoms with Crippen LogP contribution in [-0.4, -0.2) is 12.5 Å². The summed E-state index contributed by atoms with van der Waals surface area (Å²) in [5.41, 5.74) is 0. The molecule has 3 heteroatoms. The first-order valence-corrected chi connectivity index (χ1v) is 4.65. The van der Waals surface area contributed by atoms with Gasteiger partial charge in [0.2, 0.25) is 0 Å². The Morgan fingerprint density at radius 1 is 1.54 bits per heavy atom. The van der Waals surface area contributed by atoms with Crippen LogP contribution in [0.3, 0.4) is 0 Å². The van der Waals surface area contributed by atoms with Gasteiger partial charge < -0.3 is 0 Å². The van der Waals surface area contributed by atoms with Crippen LogP contribution in [0.1, 0.15) is 39.0 Å². The summed E-state index contributed by atoms with van der Waals surface area (Å²) in [4.78, 5) is 11.1. The molecule has 13 heavy (non-hydrogen) atoms. The molecule has 0 N–H and O–H groups in total. The van der Waals surface area contributed by atoms with Gasteiger partial charge >= 0.3 is 0 Å². The molecule has 0 amide bonds. The van der Waals surface area contributed by atoms with Gasteiger partial charge in [0.1, 0.15) is 5.78 Å². The molecule has 0 saturated heterocycles. The van der Waals surface area contributed by atoms with Crippen LogP contribution < -0.4 is 0 Å². The lowest BCUT2D eigenvalue weighted by Gasteiger charge is -2.04. The van der Waals surface area contributed by atoms with Crippen LogP contribution in [0.2, 0.25) is 0 Å². The number of hydrogen-bond acceptors (Lipinski definition) is 2. The van der Waals surface area contributed by atoms with Gasteiger partial charge in [-0.05, 0) is 18.8 Å². The van der Waals surface area contributed by atoms with Gasteiger partial charge in [0.25, 0.3) is 0 Å². The van der Waals surface area contributed by atoms with Crippen molar-refractivity contribution in [2.75, 3.05) is 6.67 Å². The summed E-state index contributed by atoms with van der Waals surface area (Å²) >= 11 is 0. The number of nitrogens with zero attached hydrogens (tertiary/aromatic N) is 1. The predicted molar refractivity (Wildman–Crippen MR) is 48.8 cm³/mol. The zero-order chi connectivity index (χ0) is 10.1. The van der Waals surface area contributed by atoms with E-state index in [9.17, 15) is 9.18 Å². The molecule has 0 aliphatic heterocycles. The highest BCUT2D eigenvalue weighted by Crippen LogP contribution is 2.08. The summed E-state index contributed by atoms with van der Waals surface area (Å²) in [5, 5.41) is 8.22. The topological polar surface area (TPSA) is 40.9 Å². The molecule has 0 heterocycles. The van der Waals surface area contributed by atoms with Gasteiger partial charge in [0.15, 0.2) is 0 Å². The van der Waals surface area contributed by atoms with E-state index in [0.717, 1.165) is 0 Å². The van der Waals surface area contributed by atoms with E-state index in [1.807, 2.05) is 6.07 Å². The van der Waals surface area contributed by atoms with E-state index in [4.69, 9.17) is 5.26 Å². The number of unbranched alkanes of at least 4 members (excludes halogenated alkanes) is 1. The zero-order valence-corrected chi connectivity index (χ0v) is 8.05. The number of hydrogen-bond donors (Lipinski definition) is 0. The van der Waals surface area contributed by atoms with Crippen LogP contribution in [0.5, 0.6) is 0 Å². The van der Waals surface area contributed by atoms with E-state index >= 15 is 0 Å². The Labute approximate surface area is 78.7 Å². The summed E-state index contributed by atoms with van der Waals surface area (Å²) in [7, 11) is 0. The smallest absolute Gasteiger partial charge is 0.132 e. The van der Waals surface area contributed by atoms with Crippen LogP contribution in [0, 0.1) is 17.2 Å². The molecule has 0 bridgehead atoms. The number of carbonyl (C=O) groups is 1. The van der Waals surface area contributed by atoms with Gasteiger partial charge in [-0.25, -0.2) is 0 Å². The number of carbonyl (C=O) groups excluding carboxylic acids is 1. The number of halogens is 1. The monoisotopic (exact) mass is 185 g/mol. The third kappa shape index (κ3) is 7.45. The molecule has 2 nitrogen and oxygen atoms in total. The van der Waals surface area contributed by atoms with Gasteiger partial charge in [-0.2, -0.15) is 5.26 Å². The van der Waals surface area contributed by atoms with Crippen LogP contribution in [0.25, 0.3) is 0 Å². The van der Waals surface area contributed by atoms with Crippen molar-refractivity contribution in [3.63, 3.8) is 0 Å². The van der Waals surface area contributed by atoms with E-state index in [2.05, 4.69) is 0 Å². The number of rotatable bonds is 7. The normalized spacial score (nSPS) is 12.1. The van der Waals surface area contributed by atoms with E-state index in [1.54, 1.807) is 6.92 Å². The molecular weight excluding hydrogens is 169 g/mol. The lowest BCUT2D eigenvalue weighted by molar-refractivity contribution is -0.119. The fraction of sp³-hybridized carbons (Fsp3) is 0.800. The van der Waals surface area contributed by atoms with E-state index < -0.39 is 0 Å². The summed E-state index contributed by atoms with van der Waals surface area (Å²) in [6.07, 6.45) is 2.62. The molecule has 0 fully saturated rings. The van der Waals surface area contributed by atoms with Crippen LogP contribution >= 0.6 is 0 Å². The predicted octanol–water partition coefficient (Wildman–Crippen LogP) is 2.64. The SMILES string of the molecule is CC(CF)CCC(=O)CCCC#N. The molecule has 1 unspecified atom stereocenters. The molecule has 0 aromatic carbocycles. The van der Waals surface area contributed by atoms with Crippen molar-refractivity contribution in [3.8, 4) is 6.07 Å².